The number of carbonyl (C=O) groups excluding carboxylic acids is 1. The summed E-state index contributed by atoms with van der Waals surface area (Å²) in [5.74, 6) is 0.268. The second-order valence-corrected chi connectivity index (χ2v) is 3.95. The molecule has 0 saturated heterocycles. The van der Waals surface area contributed by atoms with Crippen LogP contribution in [0.3, 0.4) is 0 Å². The highest BCUT2D eigenvalue weighted by atomic mass is 16.5. The number of methoxy groups -OCH3 is 1. The molecule has 0 heterocycles. The van der Waals surface area contributed by atoms with Gasteiger partial charge in [-0.05, 0) is 25.5 Å². The van der Waals surface area contributed by atoms with Gasteiger partial charge in [0.05, 0.1) is 18.9 Å². The molecular formula is C13H16N2O2. The number of hydrogen-bond acceptors (Lipinski definition) is 3. The first-order valence-electron chi connectivity index (χ1n) is 5.43. The minimum Gasteiger partial charge on any atom is -0.495 e. The fourth-order valence-corrected chi connectivity index (χ4v) is 1.30. The van der Waals surface area contributed by atoms with Crippen molar-refractivity contribution in [1.29, 1.82) is 5.26 Å². The molecule has 17 heavy (non-hydrogen) atoms. The Labute approximate surface area is 101 Å². The number of ether oxygens (including phenoxy) is 1. The summed E-state index contributed by atoms with van der Waals surface area (Å²) in [6.45, 7) is 3.43. The van der Waals surface area contributed by atoms with Gasteiger partial charge in [0, 0.05) is 0 Å². The zero-order valence-corrected chi connectivity index (χ0v) is 10.3. The molecule has 0 spiro atoms. The van der Waals surface area contributed by atoms with E-state index < -0.39 is 5.41 Å². The largest absolute Gasteiger partial charge is 0.495 e. The number of carbonyl (C=O) groups is 1. The molecule has 90 valence electrons. The minimum absolute atomic E-state index is 0.313. The fraction of sp³-hybridized carbons (Fsp3) is 0.385. The number of nitrogens with one attached hydrogen (secondary N) is 1. The van der Waals surface area contributed by atoms with E-state index in [-0.39, 0.29) is 5.91 Å². The van der Waals surface area contributed by atoms with E-state index in [1.165, 1.54) is 7.11 Å². The highest BCUT2D eigenvalue weighted by Crippen LogP contribution is 2.27. The van der Waals surface area contributed by atoms with Crippen molar-refractivity contribution in [3.8, 4) is 11.8 Å². The lowest BCUT2D eigenvalue weighted by Crippen LogP contribution is -2.31. The molecule has 1 amide bonds. The quantitative estimate of drug-likeness (QED) is 0.867. The van der Waals surface area contributed by atoms with Crippen molar-refractivity contribution in [3.05, 3.63) is 24.3 Å². The number of rotatable bonds is 4. The third-order valence-electron chi connectivity index (χ3n) is 2.81. The minimum atomic E-state index is -1.01. The highest BCUT2D eigenvalue weighted by Gasteiger charge is 2.31. The van der Waals surface area contributed by atoms with E-state index in [1.807, 2.05) is 19.1 Å². The maximum absolute atomic E-state index is 12.0. The molecule has 4 nitrogen and oxygen atoms in total. The van der Waals surface area contributed by atoms with Gasteiger partial charge in [-0.3, -0.25) is 4.79 Å². The van der Waals surface area contributed by atoms with Crippen LogP contribution in [0.25, 0.3) is 0 Å². The van der Waals surface area contributed by atoms with Gasteiger partial charge in [0.15, 0.2) is 0 Å². The lowest BCUT2D eigenvalue weighted by atomic mass is 9.88. The van der Waals surface area contributed by atoms with Gasteiger partial charge in [-0.15, -0.1) is 0 Å². The van der Waals surface area contributed by atoms with Crippen LogP contribution in [0.1, 0.15) is 20.3 Å². The number of para-hydroxylation sites is 2. The van der Waals surface area contributed by atoms with Crippen LogP contribution in [0.4, 0.5) is 5.69 Å². The Morgan fingerprint density at radius 2 is 2.18 bits per heavy atom. The SMILES string of the molecule is CCC(C)(C#N)C(=O)Nc1ccccc1OC. The van der Waals surface area contributed by atoms with Gasteiger partial charge in [0.2, 0.25) is 5.91 Å². The zero-order valence-electron chi connectivity index (χ0n) is 10.3. The smallest absolute Gasteiger partial charge is 0.244 e. The fourth-order valence-electron chi connectivity index (χ4n) is 1.30. The molecule has 0 aliphatic rings. The van der Waals surface area contributed by atoms with Gasteiger partial charge in [-0.25, -0.2) is 0 Å². The average molecular weight is 232 g/mol. The monoisotopic (exact) mass is 232 g/mol. The van der Waals surface area contributed by atoms with Crippen LogP contribution in [0, 0.1) is 16.7 Å². The van der Waals surface area contributed by atoms with Crippen LogP contribution < -0.4 is 10.1 Å². The number of nitrogens with zero attached hydrogens (tertiary/aromatic N) is 1. The predicted molar refractivity (Wildman–Crippen MR) is 65.6 cm³/mol. The number of benzene rings is 1. The number of amides is 1. The Morgan fingerprint density at radius 3 is 2.71 bits per heavy atom. The lowest BCUT2D eigenvalue weighted by molar-refractivity contribution is -0.122. The summed E-state index contributed by atoms with van der Waals surface area (Å²) in [5.41, 5.74) is -0.434. The van der Waals surface area contributed by atoms with Gasteiger partial charge in [0.25, 0.3) is 0 Å². The van der Waals surface area contributed by atoms with E-state index in [1.54, 1.807) is 25.1 Å². The Morgan fingerprint density at radius 1 is 1.53 bits per heavy atom. The molecule has 0 radical (unpaired) electrons. The topological polar surface area (TPSA) is 62.1 Å². The van der Waals surface area contributed by atoms with Crippen molar-refractivity contribution >= 4 is 11.6 Å². The third kappa shape index (κ3) is 2.76. The van der Waals surface area contributed by atoms with Gasteiger partial charge in [-0.1, -0.05) is 19.1 Å². The maximum Gasteiger partial charge on any atom is 0.244 e. The highest BCUT2D eigenvalue weighted by molar-refractivity contribution is 5.97. The van der Waals surface area contributed by atoms with Crippen molar-refractivity contribution in [2.24, 2.45) is 5.41 Å². The maximum atomic E-state index is 12.0. The molecule has 0 aliphatic carbocycles. The summed E-state index contributed by atoms with van der Waals surface area (Å²) < 4.78 is 5.13. The Hall–Kier alpha value is -2.02. The van der Waals surface area contributed by atoms with Crippen molar-refractivity contribution < 1.29 is 9.53 Å². The molecule has 1 N–H and O–H groups in total. The molecular weight excluding hydrogens is 216 g/mol. The first-order chi connectivity index (χ1) is 8.07. The Kier molecular flexibility index (Phi) is 4.11. The lowest BCUT2D eigenvalue weighted by Gasteiger charge is -2.19. The van der Waals surface area contributed by atoms with Crippen LogP contribution in [-0.4, -0.2) is 13.0 Å². The van der Waals surface area contributed by atoms with Crippen LogP contribution in [0.15, 0.2) is 24.3 Å². The van der Waals surface area contributed by atoms with Gasteiger partial charge in [-0.2, -0.15) is 5.26 Å². The van der Waals surface area contributed by atoms with Crippen LogP contribution in [0.2, 0.25) is 0 Å². The van der Waals surface area contributed by atoms with E-state index in [0.717, 1.165) is 0 Å². The van der Waals surface area contributed by atoms with Gasteiger partial charge < -0.3 is 10.1 Å². The van der Waals surface area contributed by atoms with E-state index in [0.29, 0.717) is 17.9 Å². The molecule has 0 aromatic heterocycles. The first-order valence-corrected chi connectivity index (χ1v) is 5.43. The average Bonchev–Trinajstić information content (AvgIpc) is 2.38. The summed E-state index contributed by atoms with van der Waals surface area (Å²) in [5, 5.41) is 11.7. The zero-order chi connectivity index (χ0) is 12.9. The predicted octanol–water partition coefficient (Wildman–Crippen LogP) is 2.57. The number of hydrogen-bond donors (Lipinski definition) is 1. The van der Waals surface area contributed by atoms with Crippen molar-refractivity contribution in [2.45, 2.75) is 20.3 Å². The molecule has 4 heteroatoms. The summed E-state index contributed by atoms with van der Waals surface area (Å²) in [6.07, 6.45) is 0.463. The standard InChI is InChI=1S/C13H16N2O2/c1-4-13(2,9-14)12(16)15-10-7-5-6-8-11(10)17-3/h5-8H,4H2,1-3H3,(H,15,16). The van der Waals surface area contributed by atoms with Crippen LogP contribution in [0.5, 0.6) is 5.75 Å². The van der Waals surface area contributed by atoms with E-state index in [2.05, 4.69) is 5.32 Å². The van der Waals surface area contributed by atoms with Crippen molar-refractivity contribution in [1.82, 2.24) is 0 Å². The Balaban J connectivity index is 2.92. The summed E-state index contributed by atoms with van der Waals surface area (Å²) in [4.78, 5) is 12.0. The summed E-state index contributed by atoms with van der Waals surface area (Å²) >= 11 is 0. The first kappa shape index (κ1) is 13.0. The number of nitriles is 1. The molecule has 1 atom stereocenters. The van der Waals surface area contributed by atoms with Crippen LogP contribution in [-0.2, 0) is 4.79 Å². The molecule has 1 aromatic carbocycles. The van der Waals surface area contributed by atoms with Crippen molar-refractivity contribution in [3.63, 3.8) is 0 Å². The molecule has 1 aromatic rings. The summed E-state index contributed by atoms with van der Waals surface area (Å²) in [7, 11) is 1.54. The van der Waals surface area contributed by atoms with Gasteiger partial charge in [0.1, 0.15) is 11.2 Å². The van der Waals surface area contributed by atoms with E-state index in [4.69, 9.17) is 10.00 Å². The van der Waals surface area contributed by atoms with Gasteiger partial charge >= 0.3 is 0 Å². The third-order valence-corrected chi connectivity index (χ3v) is 2.81. The molecule has 0 aliphatic heterocycles. The number of anilines is 1. The molecule has 1 unspecified atom stereocenters. The van der Waals surface area contributed by atoms with Crippen LogP contribution >= 0.6 is 0 Å². The normalized spacial score (nSPS) is 13.3. The van der Waals surface area contributed by atoms with E-state index >= 15 is 0 Å². The van der Waals surface area contributed by atoms with E-state index in [9.17, 15) is 4.79 Å². The molecule has 0 bridgehead atoms. The second kappa shape index (κ2) is 5.35. The van der Waals surface area contributed by atoms with Crippen molar-refractivity contribution in [2.75, 3.05) is 12.4 Å². The molecule has 0 fully saturated rings. The Bertz CT molecular complexity index is 451. The molecule has 1 rings (SSSR count). The molecule has 0 saturated carbocycles. The summed E-state index contributed by atoms with van der Waals surface area (Å²) in [6, 6.07) is 9.14. The second-order valence-electron chi connectivity index (χ2n) is 3.95.